The Hall–Kier alpha value is -4.96. The van der Waals surface area contributed by atoms with Crippen LogP contribution in [0.15, 0.2) is 77.3 Å². The lowest BCUT2D eigenvalue weighted by molar-refractivity contribution is 0.0964. The summed E-state index contributed by atoms with van der Waals surface area (Å²) in [6.45, 7) is 2.65. The second-order valence-corrected chi connectivity index (χ2v) is 13.2. The molecule has 4 heterocycles. The number of anilines is 1. The minimum absolute atomic E-state index is 0.288. The van der Waals surface area contributed by atoms with Crippen molar-refractivity contribution in [3.63, 3.8) is 0 Å². The average Bonchev–Trinajstić information content (AvgIpc) is 3.59. The van der Waals surface area contributed by atoms with E-state index in [1.54, 1.807) is 31.4 Å². The smallest absolute Gasteiger partial charge is 0.255 e. The van der Waals surface area contributed by atoms with Crippen LogP contribution in [0.4, 0.5) is 10.1 Å². The predicted molar refractivity (Wildman–Crippen MR) is 171 cm³/mol. The quantitative estimate of drug-likeness (QED) is 0.240. The van der Waals surface area contributed by atoms with Gasteiger partial charge in [-0.1, -0.05) is 35.9 Å². The summed E-state index contributed by atoms with van der Waals surface area (Å²) < 4.78 is 50.0. The SMILES string of the molecule is CNC(=O)c1c(-c2ccc(C)cc2)oc2cc(N(C)S(C)(=O)=O)c(-c3cnc4c(c3)-c3cc5c(F)cccc5n3CC4)cc12. The van der Waals surface area contributed by atoms with Gasteiger partial charge in [0.15, 0.2) is 0 Å². The van der Waals surface area contributed by atoms with E-state index < -0.39 is 10.0 Å². The number of hydrogen-bond acceptors (Lipinski definition) is 5. The van der Waals surface area contributed by atoms with Crippen molar-refractivity contribution in [1.82, 2.24) is 14.9 Å². The Labute approximate surface area is 253 Å². The number of carbonyl (C=O) groups excluding carboxylic acids is 1. The maximum absolute atomic E-state index is 14.7. The molecule has 0 atom stereocenters. The zero-order valence-corrected chi connectivity index (χ0v) is 25.4. The van der Waals surface area contributed by atoms with E-state index in [0.717, 1.165) is 39.9 Å². The van der Waals surface area contributed by atoms with Gasteiger partial charge in [-0.15, -0.1) is 0 Å². The van der Waals surface area contributed by atoms with Crippen molar-refractivity contribution in [2.24, 2.45) is 0 Å². The molecule has 8 nitrogen and oxygen atoms in total. The zero-order valence-electron chi connectivity index (χ0n) is 24.6. The van der Waals surface area contributed by atoms with Gasteiger partial charge in [-0.2, -0.15) is 0 Å². The van der Waals surface area contributed by atoms with E-state index in [1.807, 2.05) is 49.4 Å². The molecular formula is C34H29FN4O4S. The molecule has 0 bridgehead atoms. The molecule has 0 saturated heterocycles. The minimum Gasteiger partial charge on any atom is -0.455 e. The molecule has 7 rings (SSSR count). The van der Waals surface area contributed by atoms with Crippen LogP contribution in [0.2, 0.25) is 0 Å². The van der Waals surface area contributed by atoms with Gasteiger partial charge in [-0.25, -0.2) is 12.8 Å². The van der Waals surface area contributed by atoms with Crippen LogP contribution in [0.25, 0.3) is 55.6 Å². The first kappa shape index (κ1) is 27.8. The van der Waals surface area contributed by atoms with Crippen LogP contribution in [0.3, 0.4) is 0 Å². The number of nitrogens with one attached hydrogen (secondary N) is 1. The molecule has 222 valence electrons. The van der Waals surface area contributed by atoms with Crippen LogP contribution in [-0.2, 0) is 23.0 Å². The first-order chi connectivity index (χ1) is 21.0. The van der Waals surface area contributed by atoms with Gasteiger partial charge in [-0.3, -0.25) is 14.1 Å². The molecule has 1 N–H and O–H groups in total. The summed E-state index contributed by atoms with van der Waals surface area (Å²) >= 11 is 0. The van der Waals surface area contributed by atoms with Gasteiger partial charge in [0, 0.05) is 72.4 Å². The maximum atomic E-state index is 14.7. The Bertz CT molecular complexity index is 2250. The summed E-state index contributed by atoms with van der Waals surface area (Å²) in [6, 6.07) is 20.0. The van der Waals surface area contributed by atoms with Crippen molar-refractivity contribution >= 4 is 43.5 Å². The fourth-order valence-corrected chi connectivity index (χ4v) is 6.56. The number of sulfonamides is 1. The molecule has 10 heteroatoms. The highest BCUT2D eigenvalue weighted by atomic mass is 32.2. The standard InChI is InChI=1S/C34H29FN4O4S/c1-19-8-10-20(11-9-19)33-32(34(40)36-2)25-15-22(29(17-31(25)43-33)38(3)44(4,41)42)21-14-24-27(37-18-21)12-13-39-28-7-5-6-26(35)23(28)16-30(24)39/h5-11,14-18H,12-13H2,1-4H3,(H,36,40). The number of furan rings is 1. The van der Waals surface area contributed by atoms with Crippen molar-refractivity contribution in [1.29, 1.82) is 0 Å². The number of aromatic nitrogens is 2. The number of nitrogens with zero attached hydrogens (tertiary/aromatic N) is 3. The molecule has 6 aromatic rings. The van der Waals surface area contributed by atoms with Crippen molar-refractivity contribution in [2.75, 3.05) is 24.7 Å². The Balaban J connectivity index is 1.50. The Morgan fingerprint density at radius 2 is 1.80 bits per heavy atom. The third-order valence-electron chi connectivity index (χ3n) is 8.43. The second-order valence-electron chi connectivity index (χ2n) is 11.2. The number of fused-ring (bicyclic) bond motifs is 6. The highest BCUT2D eigenvalue weighted by Crippen LogP contribution is 2.43. The Morgan fingerprint density at radius 1 is 1.02 bits per heavy atom. The fourth-order valence-electron chi connectivity index (χ4n) is 6.05. The highest BCUT2D eigenvalue weighted by molar-refractivity contribution is 7.92. The Morgan fingerprint density at radius 3 is 2.52 bits per heavy atom. The van der Waals surface area contributed by atoms with Crippen LogP contribution in [0.5, 0.6) is 0 Å². The second kappa shape index (κ2) is 10.1. The molecule has 1 aliphatic rings. The molecule has 1 aliphatic heterocycles. The van der Waals surface area contributed by atoms with E-state index in [1.165, 1.54) is 17.4 Å². The minimum atomic E-state index is -3.68. The van der Waals surface area contributed by atoms with Crippen LogP contribution in [-0.4, -0.2) is 44.2 Å². The van der Waals surface area contributed by atoms with Gasteiger partial charge in [0.05, 0.1) is 34.4 Å². The van der Waals surface area contributed by atoms with E-state index in [9.17, 15) is 17.6 Å². The van der Waals surface area contributed by atoms with Gasteiger partial charge in [0.2, 0.25) is 10.0 Å². The summed E-state index contributed by atoms with van der Waals surface area (Å²) in [4.78, 5) is 18.1. The predicted octanol–water partition coefficient (Wildman–Crippen LogP) is 6.54. The number of carbonyl (C=O) groups is 1. The van der Waals surface area contributed by atoms with Gasteiger partial charge in [-0.05, 0) is 37.3 Å². The lowest BCUT2D eigenvalue weighted by atomic mass is 9.96. The molecule has 0 saturated carbocycles. The monoisotopic (exact) mass is 608 g/mol. The average molecular weight is 609 g/mol. The van der Waals surface area contributed by atoms with Crippen LogP contribution in [0, 0.1) is 12.7 Å². The summed E-state index contributed by atoms with van der Waals surface area (Å²) in [7, 11) is -0.638. The summed E-state index contributed by atoms with van der Waals surface area (Å²) in [5.41, 5.74) is 7.46. The molecular weight excluding hydrogens is 579 g/mol. The number of amides is 1. The molecule has 0 unspecified atom stereocenters. The molecule has 44 heavy (non-hydrogen) atoms. The van der Waals surface area contributed by atoms with Gasteiger partial charge in [0.25, 0.3) is 5.91 Å². The third kappa shape index (κ3) is 4.36. The molecule has 0 spiro atoms. The number of hydrogen-bond donors (Lipinski definition) is 1. The van der Waals surface area contributed by atoms with Crippen molar-refractivity contribution < 1.29 is 22.0 Å². The molecule has 0 fully saturated rings. The van der Waals surface area contributed by atoms with Crippen molar-refractivity contribution in [3.8, 4) is 33.7 Å². The number of pyridine rings is 1. The van der Waals surface area contributed by atoms with Crippen LogP contribution < -0.4 is 9.62 Å². The summed E-state index contributed by atoms with van der Waals surface area (Å²) in [5, 5.41) is 3.80. The van der Waals surface area contributed by atoms with Crippen molar-refractivity contribution in [3.05, 3.63) is 95.6 Å². The van der Waals surface area contributed by atoms with Gasteiger partial charge >= 0.3 is 0 Å². The molecule has 3 aromatic heterocycles. The largest absolute Gasteiger partial charge is 0.455 e. The first-order valence-electron chi connectivity index (χ1n) is 14.2. The summed E-state index contributed by atoms with van der Waals surface area (Å²) in [6.07, 6.45) is 3.52. The van der Waals surface area contributed by atoms with Crippen molar-refractivity contribution in [2.45, 2.75) is 19.9 Å². The van der Waals surface area contributed by atoms with Gasteiger partial charge in [0.1, 0.15) is 17.2 Å². The molecule has 3 aromatic carbocycles. The molecule has 0 aliphatic carbocycles. The van der Waals surface area contributed by atoms with E-state index in [4.69, 9.17) is 9.40 Å². The maximum Gasteiger partial charge on any atom is 0.255 e. The van der Waals surface area contributed by atoms with Gasteiger partial charge < -0.3 is 14.3 Å². The summed E-state index contributed by atoms with van der Waals surface area (Å²) in [5.74, 6) is -0.229. The molecule has 0 radical (unpaired) electrons. The van der Waals surface area contributed by atoms with Crippen LogP contribution >= 0.6 is 0 Å². The van der Waals surface area contributed by atoms with E-state index in [0.29, 0.717) is 57.5 Å². The first-order valence-corrected chi connectivity index (χ1v) is 16.0. The van der Waals surface area contributed by atoms with E-state index in [-0.39, 0.29) is 11.7 Å². The van der Waals surface area contributed by atoms with Crippen LogP contribution in [0.1, 0.15) is 21.6 Å². The van der Waals surface area contributed by atoms with E-state index >= 15 is 0 Å². The topological polar surface area (TPSA) is 97.4 Å². The normalized spacial score (nSPS) is 12.8. The lowest BCUT2D eigenvalue weighted by Crippen LogP contribution is -2.25. The lowest BCUT2D eigenvalue weighted by Gasteiger charge is -2.23. The fraction of sp³-hybridized carbons (Fsp3) is 0.176. The number of halogens is 1. The van der Waals surface area contributed by atoms with E-state index in [2.05, 4.69) is 9.88 Å². The number of benzene rings is 3. The molecule has 1 amide bonds. The zero-order chi connectivity index (χ0) is 30.9. The number of aryl methyl sites for hydroxylation is 3. The highest BCUT2D eigenvalue weighted by Gasteiger charge is 2.27. The Kier molecular flexibility index (Phi) is 6.36. The third-order valence-corrected chi connectivity index (χ3v) is 9.62. The number of rotatable bonds is 5.